The van der Waals surface area contributed by atoms with Gasteiger partial charge in [-0.1, -0.05) is 47.6 Å². The van der Waals surface area contributed by atoms with Crippen molar-refractivity contribution in [3.8, 4) is 5.75 Å². The summed E-state index contributed by atoms with van der Waals surface area (Å²) in [6.45, 7) is 0. The fraction of sp³-hybridized carbons (Fsp3) is 0.105. The molecular formula is C19H15N5O4. The van der Waals surface area contributed by atoms with E-state index in [-0.39, 0.29) is 28.8 Å². The summed E-state index contributed by atoms with van der Waals surface area (Å²) < 4.78 is 6.28. The number of carbonyl (C=O) groups is 2. The maximum atomic E-state index is 13.4. The Labute approximate surface area is 159 Å². The summed E-state index contributed by atoms with van der Waals surface area (Å²) in [5.41, 5.74) is 1.13. The van der Waals surface area contributed by atoms with E-state index in [2.05, 4.69) is 20.8 Å². The Bertz CT molecular complexity index is 1070. The highest BCUT2D eigenvalue weighted by atomic mass is 16.5. The molecule has 28 heavy (non-hydrogen) atoms. The van der Waals surface area contributed by atoms with Gasteiger partial charge >= 0.3 is 5.97 Å². The predicted octanol–water partition coefficient (Wildman–Crippen LogP) is 1.70. The van der Waals surface area contributed by atoms with E-state index in [0.29, 0.717) is 11.1 Å². The van der Waals surface area contributed by atoms with Gasteiger partial charge in [-0.3, -0.25) is 4.79 Å². The monoisotopic (exact) mass is 377 g/mol. The van der Waals surface area contributed by atoms with E-state index in [1.807, 2.05) is 0 Å². The number of ether oxygens (including phenoxy) is 1. The molecule has 3 aromatic rings. The van der Waals surface area contributed by atoms with E-state index >= 15 is 0 Å². The van der Waals surface area contributed by atoms with Crippen molar-refractivity contribution in [3.05, 3.63) is 77.0 Å². The van der Waals surface area contributed by atoms with Crippen molar-refractivity contribution in [1.29, 1.82) is 0 Å². The molecule has 0 radical (unpaired) electrons. The average molecular weight is 377 g/mol. The number of fused-ring (bicyclic) bond motifs is 1. The maximum absolute atomic E-state index is 13.4. The zero-order chi connectivity index (χ0) is 19.7. The molecule has 0 amide bonds. The number of nitrogens with zero attached hydrogens (tertiary/aromatic N) is 4. The number of ketones is 1. The average Bonchev–Trinajstić information content (AvgIpc) is 3.21. The number of carbonyl (C=O) groups excluding carboxylic acids is 2. The molecule has 1 atom stereocenters. The van der Waals surface area contributed by atoms with Gasteiger partial charge in [0.05, 0.1) is 12.7 Å². The number of nitrogens with one attached hydrogen (secondary N) is 1. The summed E-state index contributed by atoms with van der Waals surface area (Å²) in [7, 11) is 1.23. The molecule has 0 saturated carbocycles. The summed E-state index contributed by atoms with van der Waals surface area (Å²) in [6.07, 6.45) is 0. The van der Waals surface area contributed by atoms with Crippen LogP contribution in [0.4, 0.5) is 5.95 Å². The van der Waals surface area contributed by atoms with E-state index < -0.39 is 12.0 Å². The number of phenols is 1. The first-order chi connectivity index (χ1) is 13.6. The maximum Gasteiger partial charge on any atom is 0.355 e. The molecule has 4 rings (SSSR count). The number of rotatable bonds is 4. The molecule has 1 unspecified atom stereocenters. The van der Waals surface area contributed by atoms with Crippen LogP contribution in [0, 0.1) is 0 Å². The lowest BCUT2D eigenvalue weighted by Gasteiger charge is -2.28. The normalized spacial score (nSPS) is 15.5. The minimum absolute atomic E-state index is 0.0308. The van der Waals surface area contributed by atoms with Crippen LogP contribution >= 0.6 is 0 Å². The number of benzene rings is 2. The SMILES string of the molecule is COC(=O)C1=C(C(=O)c2ccccc2)C(c2ccc(O)cc2)n2nnnc2N1. The summed E-state index contributed by atoms with van der Waals surface area (Å²) in [4.78, 5) is 25.8. The lowest BCUT2D eigenvalue weighted by atomic mass is 9.89. The van der Waals surface area contributed by atoms with Crippen molar-refractivity contribution < 1.29 is 19.4 Å². The van der Waals surface area contributed by atoms with Gasteiger partial charge in [0, 0.05) is 5.56 Å². The van der Waals surface area contributed by atoms with Gasteiger partial charge in [-0.2, -0.15) is 4.68 Å². The van der Waals surface area contributed by atoms with Gasteiger partial charge in [0.1, 0.15) is 17.5 Å². The number of methoxy groups -OCH3 is 1. The van der Waals surface area contributed by atoms with Gasteiger partial charge in [0.25, 0.3) is 0 Å². The quantitative estimate of drug-likeness (QED) is 0.521. The largest absolute Gasteiger partial charge is 0.508 e. The molecule has 0 bridgehead atoms. The highest BCUT2D eigenvalue weighted by Gasteiger charge is 2.38. The van der Waals surface area contributed by atoms with Crippen LogP contribution in [-0.4, -0.2) is 44.2 Å². The molecule has 0 aliphatic carbocycles. The fourth-order valence-corrected chi connectivity index (χ4v) is 3.10. The number of Topliss-reactive ketones (excluding diaryl/α,β-unsaturated/α-hetero) is 1. The molecule has 0 spiro atoms. The number of anilines is 1. The van der Waals surface area contributed by atoms with E-state index in [1.54, 1.807) is 42.5 Å². The number of aromatic hydroxyl groups is 1. The number of phenolic OH excluding ortho intramolecular Hbond substituents is 1. The third-order valence-electron chi connectivity index (χ3n) is 4.40. The van der Waals surface area contributed by atoms with Crippen molar-refractivity contribution in [2.45, 2.75) is 6.04 Å². The molecule has 140 valence electrons. The molecule has 1 aromatic heterocycles. The lowest BCUT2D eigenvalue weighted by Crippen LogP contribution is -2.32. The van der Waals surface area contributed by atoms with E-state index in [0.717, 1.165) is 0 Å². The predicted molar refractivity (Wildman–Crippen MR) is 97.5 cm³/mol. The molecular weight excluding hydrogens is 362 g/mol. The van der Waals surface area contributed by atoms with Gasteiger partial charge in [-0.05, 0) is 28.1 Å². The van der Waals surface area contributed by atoms with Gasteiger partial charge in [-0.15, -0.1) is 0 Å². The number of aromatic nitrogens is 4. The Kier molecular flexibility index (Phi) is 4.32. The van der Waals surface area contributed by atoms with Gasteiger partial charge < -0.3 is 15.2 Å². The minimum atomic E-state index is -0.784. The third-order valence-corrected chi connectivity index (χ3v) is 4.40. The van der Waals surface area contributed by atoms with Gasteiger partial charge in [-0.25, -0.2) is 4.79 Å². The second-order valence-corrected chi connectivity index (χ2v) is 6.04. The second-order valence-electron chi connectivity index (χ2n) is 6.04. The summed E-state index contributed by atoms with van der Waals surface area (Å²) in [5, 5.41) is 23.9. The number of esters is 1. The first-order valence-electron chi connectivity index (χ1n) is 8.36. The fourth-order valence-electron chi connectivity index (χ4n) is 3.10. The zero-order valence-electron chi connectivity index (χ0n) is 14.7. The molecule has 1 aliphatic rings. The molecule has 9 heteroatoms. The minimum Gasteiger partial charge on any atom is -0.508 e. The van der Waals surface area contributed by atoms with Crippen LogP contribution in [0.3, 0.4) is 0 Å². The standard InChI is InChI=1S/C19H15N5O4/c1-28-18(27)15-14(17(26)12-5-3-2-4-6-12)16(11-7-9-13(25)10-8-11)24-19(20-15)21-22-23-24/h2-10,16,25H,1H3,(H,20,21,23). The summed E-state index contributed by atoms with van der Waals surface area (Å²) in [5.74, 6) is -0.809. The van der Waals surface area contributed by atoms with Gasteiger partial charge in [0.15, 0.2) is 5.78 Å². The topological polar surface area (TPSA) is 119 Å². The van der Waals surface area contributed by atoms with Crippen molar-refractivity contribution in [2.24, 2.45) is 0 Å². The first kappa shape index (κ1) is 17.4. The number of hydrogen-bond acceptors (Lipinski definition) is 8. The number of hydrogen-bond donors (Lipinski definition) is 2. The van der Waals surface area contributed by atoms with E-state index in [4.69, 9.17) is 4.74 Å². The summed E-state index contributed by atoms with van der Waals surface area (Å²) >= 11 is 0. The highest BCUT2D eigenvalue weighted by molar-refractivity contribution is 6.14. The van der Waals surface area contributed by atoms with Crippen LogP contribution in [-0.2, 0) is 9.53 Å². The molecule has 2 aromatic carbocycles. The van der Waals surface area contributed by atoms with Crippen LogP contribution in [0.2, 0.25) is 0 Å². The highest BCUT2D eigenvalue weighted by Crippen LogP contribution is 2.36. The van der Waals surface area contributed by atoms with Crippen molar-refractivity contribution >= 4 is 17.7 Å². The van der Waals surface area contributed by atoms with Crippen LogP contribution in [0.1, 0.15) is 22.0 Å². The summed E-state index contributed by atoms with van der Waals surface area (Å²) in [6, 6.07) is 14.1. The zero-order valence-corrected chi connectivity index (χ0v) is 14.7. The molecule has 1 aliphatic heterocycles. The lowest BCUT2D eigenvalue weighted by molar-refractivity contribution is -0.136. The smallest absolute Gasteiger partial charge is 0.355 e. The molecule has 2 heterocycles. The Morgan fingerprint density at radius 2 is 1.82 bits per heavy atom. The van der Waals surface area contributed by atoms with Crippen LogP contribution in [0.25, 0.3) is 0 Å². The molecule has 0 fully saturated rings. The Balaban J connectivity index is 1.95. The van der Waals surface area contributed by atoms with Gasteiger partial charge in [0.2, 0.25) is 5.95 Å². The number of allylic oxidation sites excluding steroid dienone is 1. The van der Waals surface area contributed by atoms with Crippen LogP contribution < -0.4 is 5.32 Å². The molecule has 2 N–H and O–H groups in total. The van der Waals surface area contributed by atoms with Crippen LogP contribution in [0.15, 0.2) is 65.9 Å². The Morgan fingerprint density at radius 1 is 1.11 bits per heavy atom. The molecule has 0 saturated heterocycles. The third kappa shape index (κ3) is 2.88. The Hall–Kier alpha value is -4.01. The van der Waals surface area contributed by atoms with Crippen molar-refractivity contribution in [3.63, 3.8) is 0 Å². The van der Waals surface area contributed by atoms with Crippen molar-refractivity contribution in [1.82, 2.24) is 20.2 Å². The van der Waals surface area contributed by atoms with E-state index in [1.165, 1.54) is 23.9 Å². The van der Waals surface area contributed by atoms with E-state index in [9.17, 15) is 14.7 Å². The van der Waals surface area contributed by atoms with Crippen molar-refractivity contribution in [2.75, 3.05) is 12.4 Å². The van der Waals surface area contributed by atoms with Crippen LogP contribution in [0.5, 0.6) is 5.75 Å². The number of tetrazole rings is 1. The molecule has 9 nitrogen and oxygen atoms in total. The second kappa shape index (κ2) is 6.95. The Morgan fingerprint density at radius 3 is 2.50 bits per heavy atom. The first-order valence-corrected chi connectivity index (χ1v) is 8.36.